The van der Waals surface area contributed by atoms with Crippen molar-refractivity contribution in [3.05, 3.63) is 34.7 Å². The van der Waals surface area contributed by atoms with Gasteiger partial charge in [-0.25, -0.2) is 8.42 Å². The minimum absolute atomic E-state index is 0.0289. The summed E-state index contributed by atoms with van der Waals surface area (Å²) < 4.78 is 28.1. The molecule has 2 aliphatic heterocycles. The van der Waals surface area contributed by atoms with Crippen molar-refractivity contribution >= 4 is 44.7 Å². The van der Waals surface area contributed by atoms with Crippen molar-refractivity contribution in [2.45, 2.75) is 12.5 Å². The number of hydrogen-bond acceptors (Lipinski definition) is 7. The molecule has 0 aliphatic carbocycles. The van der Waals surface area contributed by atoms with Crippen molar-refractivity contribution in [2.75, 3.05) is 25.2 Å². The van der Waals surface area contributed by atoms with Crippen LogP contribution in [0.3, 0.4) is 0 Å². The number of nitrogens with zero attached hydrogens (tertiary/aromatic N) is 1. The highest BCUT2D eigenvalue weighted by Gasteiger charge is 2.37. The molecular weight excluding hydrogens is 392 g/mol. The number of ether oxygens (including phenoxy) is 1. The molecule has 8 nitrogen and oxygen atoms in total. The SMILES string of the molecule is COc1ccccc1/C=C1/SC(=O)N(CC(=O)N[C@H]2CCS(=O)(=O)C2)C1=O. The Balaban J connectivity index is 1.67. The molecule has 2 fully saturated rings. The van der Waals surface area contributed by atoms with Crippen molar-refractivity contribution in [1.29, 1.82) is 0 Å². The Bertz CT molecular complexity index is 925. The van der Waals surface area contributed by atoms with E-state index in [2.05, 4.69) is 5.32 Å². The number of thioether (sulfide) groups is 1. The standard InChI is InChI=1S/C17H18N2O6S2/c1-25-13-5-3-2-4-11(13)8-14-16(21)19(17(22)26-14)9-15(20)18-12-6-7-27(23,24)10-12/h2-5,8,12H,6-7,9-10H2,1H3,(H,18,20)/b14-8+/t12-/m0/s1. The van der Waals surface area contributed by atoms with Gasteiger partial charge in [-0.05, 0) is 30.3 Å². The Morgan fingerprint density at radius 2 is 2.11 bits per heavy atom. The van der Waals surface area contributed by atoms with E-state index in [1.807, 2.05) is 0 Å². The summed E-state index contributed by atoms with van der Waals surface area (Å²) in [6.45, 7) is -0.440. The number of rotatable bonds is 5. The lowest BCUT2D eigenvalue weighted by Crippen LogP contribution is -2.43. The minimum atomic E-state index is -3.13. The van der Waals surface area contributed by atoms with Crippen molar-refractivity contribution in [2.24, 2.45) is 0 Å². The van der Waals surface area contributed by atoms with E-state index in [9.17, 15) is 22.8 Å². The van der Waals surface area contributed by atoms with Crippen LogP contribution in [-0.2, 0) is 19.4 Å². The Hall–Kier alpha value is -2.33. The van der Waals surface area contributed by atoms with Crippen LogP contribution in [0, 0.1) is 0 Å². The molecule has 27 heavy (non-hydrogen) atoms. The lowest BCUT2D eigenvalue weighted by atomic mass is 10.2. The van der Waals surface area contributed by atoms with Gasteiger partial charge in [-0.3, -0.25) is 19.3 Å². The average molecular weight is 410 g/mol. The first-order valence-corrected chi connectivity index (χ1v) is 10.8. The predicted octanol–water partition coefficient (Wildman–Crippen LogP) is 1.03. The topological polar surface area (TPSA) is 110 Å². The largest absolute Gasteiger partial charge is 0.496 e. The summed E-state index contributed by atoms with van der Waals surface area (Å²) in [7, 11) is -1.62. The van der Waals surface area contributed by atoms with Crippen LogP contribution < -0.4 is 10.1 Å². The molecule has 3 amide bonds. The number of nitrogens with one attached hydrogen (secondary N) is 1. The van der Waals surface area contributed by atoms with Crippen LogP contribution >= 0.6 is 11.8 Å². The fraction of sp³-hybridized carbons (Fsp3) is 0.353. The van der Waals surface area contributed by atoms with E-state index in [0.717, 1.165) is 16.7 Å². The number of amides is 3. The summed E-state index contributed by atoms with van der Waals surface area (Å²) in [5.41, 5.74) is 0.645. The maximum absolute atomic E-state index is 12.5. The smallest absolute Gasteiger partial charge is 0.294 e. The Kier molecular flexibility index (Phi) is 5.56. The van der Waals surface area contributed by atoms with Crippen molar-refractivity contribution in [3.8, 4) is 5.75 Å². The average Bonchev–Trinajstić information content (AvgIpc) is 3.08. The molecule has 1 atom stereocenters. The van der Waals surface area contributed by atoms with Crippen LogP contribution in [0.2, 0.25) is 0 Å². The maximum Gasteiger partial charge on any atom is 0.294 e. The molecule has 144 valence electrons. The molecule has 0 saturated carbocycles. The van der Waals surface area contributed by atoms with Gasteiger partial charge in [0.05, 0.1) is 23.5 Å². The molecule has 0 bridgehead atoms. The molecule has 1 N–H and O–H groups in total. The molecule has 2 aliphatic rings. The predicted molar refractivity (Wildman–Crippen MR) is 101 cm³/mol. The second kappa shape index (κ2) is 7.73. The van der Waals surface area contributed by atoms with Gasteiger partial charge in [0.1, 0.15) is 12.3 Å². The van der Waals surface area contributed by atoms with Crippen LogP contribution in [0.5, 0.6) is 5.75 Å². The molecule has 2 heterocycles. The van der Waals surface area contributed by atoms with E-state index in [1.54, 1.807) is 30.3 Å². The van der Waals surface area contributed by atoms with Crippen LogP contribution in [-0.4, -0.2) is 61.6 Å². The first-order chi connectivity index (χ1) is 12.8. The number of carbonyl (C=O) groups excluding carboxylic acids is 3. The lowest BCUT2D eigenvalue weighted by Gasteiger charge is -2.15. The van der Waals surface area contributed by atoms with Crippen LogP contribution in [0.25, 0.3) is 6.08 Å². The summed E-state index contributed by atoms with van der Waals surface area (Å²) in [6, 6.07) is 6.57. The normalized spacial score (nSPS) is 23.1. The van der Waals surface area contributed by atoms with Gasteiger partial charge in [0, 0.05) is 11.6 Å². The second-order valence-electron chi connectivity index (χ2n) is 6.18. The molecular formula is C17H18N2O6S2. The molecule has 3 rings (SSSR count). The van der Waals surface area contributed by atoms with E-state index in [4.69, 9.17) is 4.74 Å². The number of para-hydroxylation sites is 1. The zero-order valence-electron chi connectivity index (χ0n) is 14.5. The minimum Gasteiger partial charge on any atom is -0.496 e. The van der Waals surface area contributed by atoms with Crippen LogP contribution in [0.4, 0.5) is 4.79 Å². The molecule has 1 aromatic rings. The summed E-state index contributed by atoms with van der Waals surface area (Å²) in [5, 5.41) is 2.03. The zero-order chi connectivity index (χ0) is 19.6. The van der Waals surface area contributed by atoms with E-state index in [1.165, 1.54) is 7.11 Å². The Morgan fingerprint density at radius 1 is 1.37 bits per heavy atom. The number of imide groups is 1. The van der Waals surface area contributed by atoms with Crippen molar-refractivity contribution in [3.63, 3.8) is 0 Å². The van der Waals surface area contributed by atoms with E-state index in [-0.39, 0.29) is 16.4 Å². The highest BCUT2D eigenvalue weighted by atomic mass is 32.2. The van der Waals surface area contributed by atoms with Gasteiger partial charge in [0.15, 0.2) is 9.84 Å². The van der Waals surface area contributed by atoms with Gasteiger partial charge >= 0.3 is 0 Å². The number of methoxy groups -OCH3 is 1. The Labute approximate surface area is 160 Å². The number of hydrogen-bond donors (Lipinski definition) is 1. The quantitative estimate of drug-likeness (QED) is 0.722. The molecule has 2 saturated heterocycles. The highest BCUT2D eigenvalue weighted by Crippen LogP contribution is 2.33. The van der Waals surface area contributed by atoms with Gasteiger partial charge in [-0.2, -0.15) is 0 Å². The summed E-state index contributed by atoms with van der Waals surface area (Å²) in [6.07, 6.45) is 1.88. The van der Waals surface area contributed by atoms with Gasteiger partial charge in [0.2, 0.25) is 5.91 Å². The Morgan fingerprint density at radius 3 is 2.78 bits per heavy atom. The second-order valence-corrected chi connectivity index (χ2v) is 9.40. The molecule has 1 aromatic carbocycles. The molecule has 10 heteroatoms. The van der Waals surface area contributed by atoms with Gasteiger partial charge < -0.3 is 10.1 Å². The zero-order valence-corrected chi connectivity index (χ0v) is 16.1. The van der Waals surface area contributed by atoms with E-state index in [0.29, 0.717) is 17.7 Å². The van der Waals surface area contributed by atoms with Crippen LogP contribution in [0.15, 0.2) is 29.2 Å². The first-order valence-electron chi connectivity index (χ1n) is 8.17. The van der Waals surface area contributed by atoms with Gasteiger partial charge in [0.25, 0.3) is 11.1 Å². The third-order valence-electron chi connectivity index (χ3n) is 4.20. The monoisotopic (exact) mass is 410 g/mol. The van der Waals surface area contributed by atoms with Crippen molar-refractivity contribution in [1.82, 2.24) is 10.2 Å². The van der Waals surface area contributed by atoms with Crippen LogP contribution in [0.1, 0.15) is 12.0 Å². The van der Waals surface area contributed by atoms with Gasteiger partial charge in [-0.15, -0.1) is 0 Å². The summed E-state index contributed by atoms with van der Waals surface area (Å²) >= 11 is 0.747. The number of benzene rings is 1. The summed E-state index contributed by atoms with van der Waals surface area (Å²) in [4.78, 5) is 37.8. The number of carbonyl (C=O) groups is 3. The molecule has 0 radical (unpaired) electrons. The van der Waals surface area contributed by atoms with E-state index >= 15 is 0 Å². The van der Waals surface area contributed by atoms with Crippen molar-refractivity contribution < 1.29 is 27.5 Å². The third kappa shape index (κ3) is 4.51. The molecule has 0 aromatic heterocycles. The first kappa shape index (κ1) is 19.4. The lowest BCUT2D eigenvalue weighted by molar-refractivity contribution is -0.129. The fourth-order valence-corrected chi connectivity index (χ4v) is 5.39. The summed E-state index contributed by atoms with van der Waals surface area (Å²) in [5.74, 6) is -0.650. The molecule has 0 spiro atoms. The van der Waals surface area contributed by atoms with E-state index < -0.39 is 39.5 Å². The highest BCUT2D eigenvalue weighted by molar-refractivity contribution is 8.18. The number of sulfone groups is 1. The maximum atomic E-state index is 12.5. The fourth-order valence-electron chi connectivity index (χ4n) is 2.89. The molecule has 0 unspecified atom stereocenters. The van der Waals surface area contributed by atoms with Gasteiger partial charge in [-0.1, -0.05) is 18.2 Å². The third-order valence-corrected chi connectivity index (χ3v) is 6.87.